The summed E-state index contributed by atoms with van der Waals surface area (Å²) in [6.45, 7) is -1.31. The van der Waals surface area contributed by atoms with Crippen LogP contribution in [-0.2, 0) is 12.4 Å². The summed E-state index contributed by atoms with van der Waals surface area (Å²) < 4.78 is 70.4. The number of alkyl halides is 5. The standard InChI is InChI=1S/C12H10ClF5N2O/c1-21-9-3-8-7(2-6(9)14)19-10(4-13)20(8)5-12(17,18)11(15)16/h2-3,11H,4-5H2,1H3. The van der Waals surface area contributed by atoms with Crippen LogP contribution in [0.25, 0.3) is 11.0 Å². The molecule has 0 amide bonds. The topological polar surface area (TPSA) is 27.1 Å². The predicted octanol–water partition coefficient (Wildman–Crippen LogP) is 3.82. The lowest BCUT2D eigenvalue weighted by atomic mass is 10.2. The van der Waals surface area contributed by atoms with E-state index in [-0.39, 0.29) is 28.5 Å². The Morgan fingerprint density at radius 2 is 2.05 bits per heavy atom. The van der Waals surface area contributed by atoms with Crippen LogP contribution >= 0.6 is 11.6 Å². The molecule has 0 N–H and O–H groups in total. The fraction of sp³-hybridized carbons (Fsp3) is 0.417. The van der Waals surface area contributed by atoms with Crippen LogP contribution in [0.3, 0.4) is 0 Å². The fourth-order valence-electron chi connectivity index (χ4n) is 1.89. The first-order valence-corrected chi connectivity index (χ1v) is 6.28. The molecule has 0 fully saturated rings. The quantitative estimate of drug-likeness (QED) is 0.616. The molecule has 1 aromatic carbocycles. The largest absolute Gasteiger partial charge is 0.494 e. The van der Waals surface area contributed by atoms with Crippen molar-refractivity contribution in [1.82, 2.24) is 9.55 Å². The zero-order chi connectivity index (χ0) is 15.8. The minimum absolute atomic E-state index is 0.0361. The highest BCUT2D eigenvalue weighted by Gasteiger charge is 2.42. The van der Waals surface area contributed by atoms with E-state index in [0.717, 1.165) is 16.7 Å². The number of hydrogen-bond acceptors (Lipinski definition) is 2. The monoisotopic (exact) mass is 328 g/mol. The summed E-state index contributed by atoms with van der Waals surface area (Å²) in [4.78, 5) is 3.87. The lowest BCUT2D eigenvalue weighted by Gasteiger charge is -2.17. The van der Waals surface area contributed by atoms with Gasteiger partial charge < -0.3 is 9.30 Å². The Morgan fingerprint density at radius 1 is 1.38 bits per heavy atom. The number of nitrogens with zero attached hydrogens (tertiary/aromatic N) is 2. The summed E-state index contributed by atoms with van der Waals surface area (Å²) in [5.74, 6) is -5.53. The first-order chi connectivity index (χ1) is 9.80. The van der Waals surface area contributed by atoms with Crippen LogP contribution in [-0.4, -0.2) is 29.0 Å². The molecule has 3 nitrogen and oxygen atoms in total. The average molecular weight is 329 g/mol. The van der Waals surface area contributed by atoms with Crippen molar-refractivity contribution in [2.24, 2.45) is 0 Å². The van der Waals surface area contributed by atoms with Crippen molar-refractivity contribution >= 4 is 22.6 Å². The van der Waals surface area contributed by atoms with Crippen LogP contribution in [0, 0.1) is 5.82 Å². The van der Waals surface area contributed by atoms with Gasteiger partial charge in [0, 0.05) is 12.1 Å². The first kappa shape index (κ1) is 15.8. The van der Waals surface area contributed by atoms with E-state index in [1.165, 1.54) is 7.11 Å². The van der Waals surface area contributed by atoms with E-state index < -0.39 is 24.7 Å². The Morgan fingerprint density at radius 3 is 2.57 bits per heavy atom. The lowest BCUT2D eigenvalue weighted by molar-refractivity contribution is -0.137. The first-order valence-electron chi connectivity index (χ1n) is 5.74. The van der Waals surface area contributed by atoms with Crippen LogP contribution in [0.15, 0.2) is 12.1 Å². The molecular weight excluding hydrogens is 319 g/mol. The molecule has 0 aliphatic carbocycles. The molecule has 0 bridgehead atoms. The van der Waals surface area contributed by atoms with E-state index in [0.29, 0.717) is 0 Å². The molecule has 0 unspecified atom stereocenters. The summed E-state index contributed by atoms with van der Waals surface area (Å²) in [5, 5.41) is 0. The third-order valence-electron chi connectivity index (χ3n) is 2.91. The van der Waals surface area contributed by atoms with Gasteiger partial charge in [0.1, 0.15) is 5.82 Å². The number of hydrogen-bond donors (Lipinski definition) is 0. The molecule has 0 saturated carbocycles. The third-order valence-corrected chi connectivity index (χ3v) is 3.15. The zero-order valence-corrected chi connectivity index (χ0v) is 11.5. The molecule has 0 atom stereocenters. The predicted molar refractivity (Wildman–Crippen MR) is 66.8 cm³/mol. The fourth-order valence-corrected chi connectivity index (χ4v) is 2.10. The molecule has 9 heteroatoms. The van der Waals surface area contributed by atoms with Gasteiger partial charge in [-0.15, -0.1) is 11.6 Å². The highest BCUT2D eigenvalue weighted by atomic mass is 35.5. The Labute approximate surface area is 121 Å². The number of aromatic nitrogens is 2. The maximum absolute atomic E-state index is 13.6. The van der Waals surface area contributed by atoms with E-state index in [4.69, 9.17) is 16.3 Å². The Bertz CT molecular complexity index is 659. The molecule has 2 aromatic rings. The van der Waals surface area contributed by atoms with Crippen molar-refractivity contribution in [3.63, 3.8) is 0 Å². The molecule has 116 valence electrons. The van der Waals surface area contributed by atoms with Gasteiger partial charge in [-0.05, 0) is 0 Å². The van der Waals surface area contributed by atoms with Gasteiger partial charge >= 0.3 is 12.3 Å². The smallest absolute Gasteiger partial charge is 0.324 e. The van der Waals surface area contributed by atoms with Gasteiger partial charge in [0.15, 0.2) is 11.6 Å². The van der Waals surface area contributed by atoms with Gasteiger partial charge in [-0.3, -0.25) is 0 Å². The van der Waals surface area contributed by atoms with Crippen molar-refractivity contribution in [2.75, 3.05) is 7.11 Å². The third kappa shape index (κ3) is 2.90. The maximum Gasteiger partial charge on any atom is 0.324 e. The Hall–Kier alpha value is -1.57. The number of ether oxygens (including phenoxy) is 1. The Kier molecular flexibility index (Phi) is 4.27. The maximum atomic E-state index is 13.6. The lowest BCUT2D eigenvalue weighted by Crippen LogP contribution is -2.32. The second-order valence-electron chi connectivity index (χ2n) is 4.29. The molecule has 0 aliphatic heterocycles. The molecule has 1 heterocycles. The summed E-state index contributed by atoms with van der Waals surface area (Å²) in [6, 6.07) is 2.09. The number of fused-ring (bicyclic) bond motifs is 1. The number of methoxy groups -OCH3 is 1. The SMILES string of the molecule is COc1cc2c(cc1F)nc(CCl)n2CC(F)(F)C(F)F. The van der Waals surface area contributed by atoms with Crippen LogP contribution in [0.4, 0.5) is 22.0 Å². The molecule has 1 aromatic heterocycles. The van der Waals surface area contributed by atoms with Gasteiger partial charge in [-0.2, -0.15) is 8.78 Å². The molecular formula is C12H10ClF5N2O. The summed E-state index contributed by atoms with van der Waals surface area (Å²) in [5.41, 5.74) is 0.0817. The van der Waals surface area contributed by atoms with Crippen LogP contribution < -0.4 is 4.74 Å². The van der Waals surface area contributed by atoms with Crippen molar-refractivity contribution in [3.8, 4) is 5.75 Å². The summed E-state index contributed by atoms with van der Waals surface area (Å²) >= 11 is 5.58. The van der Waals surface area contributed by atoms with Crippen molar-refractivity contribution in [2.45, 2.75) is 24.8 Å². The molecule has 0 radical (unpaired) electrons. The van der Waals surface area contributed by atoms with E-state index in [1.54, 1.807) is 0 Å². The normalized spacial score (nSPS) is 12.4. The van der Waals surface area contributed by atoms with E-state index in [2.05, 4.69) is 4.98 Å². The van der Waals surface area contributed by atoms with Crippen molar-refractivity contribution in [1.29, 1.82) is 0 Å². The van der Waals surface area contributed by atoms with Crippen molar-refractivity contribution < 1.29 is 26.7 Å². The summed E-state index contributed by atoms with van der Waals surface area (Å²) in [6.07, 6.45) is -3.83. The number of imidazole rings is 1. The van der Waals surface area contributed by atoms with Crippen LogP contribution in [0.2, 0.25) is 0 Å². The minimum Gasteiger partial charge on any atom is -0.494 e. The summed E-state index contributed by atoms with van der Waals surface area (Å²) in [7, 11) is 1.20. The van der Waals surface area contributed by atoms with Crippen LogP contribution in [0.5, 0.6) is 5.75 Å². The van der Waals surface area contributed by atoms with Gasteiger partial charge in [-0.25, -0.2) is 18.2 Å². The average Bonchev–Trinajstić information content (AvgIpc) is 2.74. The number of rotatable bonds is 5. The highest BCUT2D eigenvalue weighted by molar-refractivity contribution is 6.16. The molecule has 0 saturated heterocycles. The van der Waals surface area contributed by atoms with Gasteiger partial charge in [0.05, 0.1) is 30.6 Å². The van der Waals surface area contributed by atoms with E-state index in [1.807, 2.05) is 0 Å². The second kappa shape index (κ2) is 5.67. The zero-order valence-electron chi connectivity index (χ0n) is 10.7. The Balaban J connectivity index is 2.60. The van der Waals surface area contributed by atoms with Gasteiger partial charge in [0.25, 0.3) is 0 Å². The van der Waals surface area contributed by atoms with Gasteiger partial charge in [-0.1, -0.05) is 0 Å². The molecule has 0 spiro atoms. The molecule has 21 heavy (non-hydrogen) atoms. The van der Waals surface area contributed by atoms with Crippen molar-refractivity contribution in [3.05, 3.63) is 23.8 Å². The van der Waals surface area contributed by atoms with Crippen LogP contribution in [0.1, 0.15) is 5.82 Å². The number of halogens is 6. The number of benzene rings is 1. The van der Waals surface area contributed by atoms with E-state index >= 15 is 0 Å². The highest BCUT2D eigenvalue weighted by Crippen LogP contribution is 2.31. The van der Waals surface area contributed by atoms with E-state index in [9.17, 15) is 22.0 Å². The molecule has 2 rings (SSSR count). The molecule has 0 aliphatic rings. The minimum atomic E-state index is -4.25. The second-order valence-corrected chi connectivity index (χ2v) is 4.55. The van der Waals surface area contributed by atoms with Gasteiger partial charge in [0.2, 0.25) is 0 Å².